The van der Waals surface area contributed by atoms with Crippen molar-refractivity contribution in [2.75, 3.05) is 48.3 Å². The number of hydrogen-bond donors (Lipinski definition) is 1. The molecule has 7 heteroatoms. The summed E-state index contributed by atoms with van der Waals surface area (Å²) < 4.78 is 0. The summed E-state index contributed by atoms with van der Waals surface area (Å²) in [6.07, 6.45) is 9.95. The fraction of sp³-hybridized carbons (Fsp3) is 0.522. The summed E-state index contributed by atoms with van der Waals surface area (Å²) in [7, 11) is 0. The maximum absolute atomic E-state index is 6.07. The lowest BCUT2D eigenvalue weighted by Gasteiger charge is -2.43. The lowest BCUT2D eigenvalue weighted by atomic mass is 10.1. The predicted octanol–water partition coefficient (Wildman–Crippen LogP) is 2.15. The first-order valence-electron chi connectivity index (χ1n) is 11.1. The molecule has 3 saturated heterocycles. The monoisotopic (exact) mass is 403 g/mol. The molecule has 7 nitrogen and oxygen atoms in total. The third-order valence-corrected chi connectivity index (χ3v) is 6.56. The van der Waals surface area contributed by atoms with E-state index in [9.17, 15) is 0 Å². The summed E-state index contributed by atoms with van der Waals surface area (Å²) in [5, 5.41) is 7.91. The number of piperazine rings is 1. The Morgan fingerprint density at radius 1 is 1.03 bits per heavy atom. The van der Waals surface area contributed by atoms with Gasteiger partial charge in [0.1, 0.15) is 5.69 Å². The van der Waals surface area contributed by atoms with Crippen LogP contribution in [-0.4, -0.2) is 64.9 Å². The average Bonchev–Trinajstić information content (AvgIpc) is 3.05. The average molecular weight is 404 g/mol. The largest absolute Gasteiger partial charge is 0.380 e. The van der Waals surface area contributed by atoms with Crippen molar-refractivity contribution in [3.05, 3.63) is 36.3 Å². The number of fused-ring (bicyclic) bond motifs is 2. The number of nitrogens with two attached hydrogens (primary N) is 1. The summed E-state index contributed by atoms with van der Waals surface area (Å²) in [5.74, 6) is 7.14. The van der Waals surface area contributed by atoms with E-state index < -0.39 is 0 Å². The molecular formula is C23H29N7. The van der Waals surface area contributed by atoms with E-state index >= 15 is 0 Å². The van der Waals surface area contributed by atoms with Gasteiger partial charge >= 0.3 is 0 Å². The van der Waals surface area contributed by atoms with Gasteiger partial charge in [0.2, 0.25) is 0 Å². The van der Waals surface area contributed by atoms with E-state index in [0.29, 0.717) is 17.9 Å². The molecule has 0 saturated carbocycles. The van der Waals surface area contributed by atoms with Gasteiger partial charge < -0.3 is 15.5 Å². The van der Waals surface area contributed by atoms with Gasteiger partial charge in [0.05, 0.1) is 18.4 Å². The van der Waals surface area contributed by atoms with E-state index in [0.717, 1.165) is 31.0 Å². The van der Waals surface area contributed by atoms with Crippen LogP contribution in [0.15, 0.2) is 30.6 Å². The predicted molar refractivity (Wildman–Crippen MR) is 119 cm³/mol. The Balaban J connectivity index is 1.29. The van der Waals surface area contributed by atoms with Gasteiger partial charge in [0.25, 0.3) is 0 Å². The van der Waals surface area contributed by atoms with Crippen LogP contribution in [0.5, 0.6) is 0 Å². The van der Waals surface area contributed by atoms with Gasteiger partial charge in [-0.25, -0.2) is 4.98 Å². The molecule has 2 atom stereocenters. The van der Waals surface area contributed by atoms with Crippen LogP contribution in [0.25, 0.3) is 0 Å². The summed E-state index contributed by atoms with van der Waals surface area (Å²) in [6, 6.07) is 7.19. The van der Waals surface area contributed by atoms with E-state index in [-0.39, 0.29) is 0 Å². The van der Waals surface area contributed by atoms with Crippen molar-refractivity contribution >= 4 is 17.2 Å². The van der Waals surface area contributed by atoms with Crippen molar-refractivity contribution in [1.29, 1.82) is 0 Å². The maximum Gasteiger partial charge on any atom is 0.169 e. The molecule has 0 radical (unpaired) electrons. The number of piperidine rings is 1. The van der Waals surface area contributed by atoms with Crippen LogP contribution in [-0.2, 0) is 0 Å². The van der Waals surface area contributed by atoms with E-state index in [1.807, 2.05) is 12.3 Å². The molecule has 0 aliphatic carbocycles. The number of nitrogens with zero attached hydrogens (tertiary/aromatic N) is 6. The van der Waals surface area contributed by atoms with Crippen LogP contribution in [0.2, 0.25) is 0 Å². The van der Waals surface area contributed by atoms with Crippen LogP contribution in [0.3, 0.4) is 0 Å². The topological polar surface area (TPSA) is 74.4 Å². The van der Waals surface area contributed by atoms with E-state index in [4.69, 9.17) is 5.73 Å². The third-order valence-electron chi connectivity index (χ3n) is 6.56. The molecule has 5 rings (SSSR count). The summed E-state index contributed by atoms with van der Waals surface area (Å²) in [5.41, 5.74) is 9.18. The van der Waals surface area contributed by atoms with E-state index in [2.05, 4.69) is 53.9 Å². The zero-order valence-corrected chi connectivity index (χ0v) is 17.4. The number of rotatable bonds is 3. The van der Waals surface area contributed by atoms with Crippen molar-refractivity contribution in [2.24, 2.45) is 0 Å². The highest BCUT2D eigenvalue weighted by Gasteiger charge is 2.40. The highest BCUT2D eigenvalue weighted by molar-refractivity contribution is 5.64. The molecule has 3 aliphatic rings. The number of hydrogen-bond acceptors (Lipinski definition) is 7. The molecule has 0 aromatic carbocycles. The van der Waals surface area contributed by atoms with Crippen molar-refractivity contribution in [3.8, 4) is 11.8 Å². The highest BCUT2D eigenvalue weighted by atomic mass is 15.3. The first kappa shape index (κ1) is 19.1. The van der Waals surface area contributed by atoms with Gasteiger partial charge in [-0.05, 0) is 62.9 Å². The van der Waals surface area contributed by atoms with Crippen LogP contribution in [0.4, 0.5) is 17.2 Å². The zero-order valence-electron chi connectivity index (χ0n) is 17.4. The number of aromatic nitrogens is 3. The lowest BCUT2D eigenvalue weighted by molar-refractivity contribution is 0.255. The Hall–Kier alpha value is -2.85. The Bertz CT molecular complexity index is 930. The maximum atomic E-state index is 6.07. The minimum Gasteiger partial charge on any atom is -0.380 e. The molecule has 30 heavy (non-hydrogen) atoms. The van der Waals surface area contributed by atoms with Crippen LogP contribution >= 0.6 is 0 Å². The lowest BCUT2D eigenvalue weighted by Crippen LogP contribution is -2.54. The second-order valence-corrected chi connectivity index (χ2v) is 8.54. The Morgan fingerprint density at radius 3 is 2.60 bits per heavy atom. The first-order valence-corrected chi connectivity index (χ1v) is 11.1. The van der Waals surface area contributed by atoms with Gasteiger partial charge in [0.15, 0.2) is 5.82 Å². The van der Waals surface area contributed by atoms with Crippen molar-refractivity contribution in [1.82, 2.24) is 20.1 Å². The van der Waals surface area contributed by atoms with Gasteiger partial charge in [-0.3, -0.25) is 4.90 Å². The standard InChI is InChI=1S/C23H29N7/c24-23-22(9-11-26-27-23)29-16-20-6-7-21(17-29)30(20)19-8-10-25-18(15-19)5-4-14-28-12-2-1-3-13-28/h8-11,15,20-21H,1-3,6-7,12-14,16-17H2,(H2,24,27). The fourth-order valence-corrected chi connectivity index (χ4v) is 5.13. The summed E-state index contributed by atoms with van der Waals surface area (Å²) in [6.45, 7) is 5.09. The quantitative estimate of drug-likeness (QED) is 0.787. The fourth-order valence-electron chi connectivity index (χ4n) is 5.13. The molecular weight excluding hydrogens is 374 g/mol. The number of nitrogen functional groups attached to an aromatic ring is 1. The molecule has 2 N–H and O–H groups in total. The van der Waals surface area contributed by atoms with Gasteiger partial charge in [-0.1, -0.05) is 12.3 Å². The molecule has 156 valence electrons. The van der Waals surface area contributed by atoms with Gasteiger partial charge in [0, 0.05) is 37.1 Å². The minimum absolute atomic E-state index is 0.466. The Labute approximate surface area is 178 Å². The molecule has 2 unspecified atom stereocenters. The zero-order chi connectivity index (χ0) is 20.3. The SMILES string of the molecule is Nc1nnccc1N1CC2CCC(C1)N2c1ccnc(C#CCN2CCCCC2)c1. The molecule has 2 aromatic heterocycles. The van der Waals surface area contributed by atoms with Crippen molar-refractivity contribution in [2.45, 2.75) is 44.2 Å². The van der Waals surface area contributed by atoms with Crippen LogP contribution in [0.1, 0.15) is 37.8 Å². The Kier molecular flexibility index (Phi) is 5.41. The second kappa shape index (κ2) is 8.49. The second-order valence-electron chi connectivity index (χ2n) is 8.54. The molecule has 5 heterocycles. The van der Waals surface area contributed by atoms with E-state index in [1.54, 1.807) is 6.20 Å². The third kappa shape index (κ3) is 3.92. The van der Waals surface area contributed by atoms with Crippen LogP contribution in [0, 0.1) is 11.8 Å². The molecule has 0 amide bonds. The summed E-state index contributed by atoms with van der Waals surface area (Å²) in [4.78, 5) is 11.9. The molecule has 2 aromatic rings. The number of pyridine rings is 1. The number of anilines is 3. The molecule has 0 spiro atoms. The summed E-state index contributed by atoms with van der Waals surface area (Å²) >= 11 is 0. The first-order chi connectivity index (χ1) is 14.8. The normalized spacial score (nSPS) is 23.9. The Morgan fingerprint density at radius 2 is 1.83 bits per heavy atom. The molecule has 3 aliphatic heterocycles. The van der Waals surface area contributed by atoms with Gasteiger partial charge in [-0.15, -0.1) is 5.10 Å². The molecule has 3 fully saturated rings. The smallest absolute Gasteiger partial charge is 0.169 e. The van der Waals surface area contributed by atoms with E-state index in [1.165, 1.54) is 50.9 Å². The van der Waals surface area contributed by atoms with Crippen molar-refractivity contribution in [3.63, 3.8) is 0 Å². The highest BCUT2D eigenvalue weighted by Crippen LogP contribution is 2.37. The van der Waals surface area contributed by atoms with Crippen LogP contribution < -0.4 is 15.5 Å². The van der Waals surface area contributed by atoms with Gasteiger partial charge in [-0.2, -0.15) is 5.10 Å². The van der Waals surface area contributed by atoms with Crippen molar-refractivity contribution < 1.29 is 0 Å². The molecule has 2 bridgehead atoms. The number of likely N-dealkylation sites (tertiary alicyclic amines) is 1. The minimum atomic E-state index is 0.466.